The number of amides is 1. The molecular formula is C20H21NO3S2. The molecule has 0 aromatic heterocycles. The average Bonchev–Trinajstić information content (AvgIpc) is 2.84. The SMILES string of the molecule is CSc1ccc(C(=O)OCC(=O)N2CC[C@H](C)Sc3ccccc32)cc1. The van der Waals surface area contributed by atoms with Gasteiger partial charge in [-0.05, 0) is 49.1 Å². The summed E-state index contributed by atoms with van der Waals surface area (Å²) in [6.07, 6.45) is 2.87. The van der Waals surface area contributed by atoms with Crippen LogP contribution in [0.15, 0.2) is 58.3 Å². The molecule has 2 aromatic carbocycles. The van der Waals surface area contributed by atoms with E-state index in [-0.39, 0.29) is 12.5 Å². The van der Waals surface area contributed by atoms with Gasteiger partial charge in [-0.15, -0.1) is 23.5 Å². The van der Waals surface area contributed by atoms with E-state index in [0.717, 1.165) is 21.9 Å². The van der Waals surface area contributed by atoms with E-state index in [1.807, 2.05) is 42.7 Å². The van der Waals surface area contributed by atoms with E-state index >= 15 is 0 Å². The topological polar surface area (TPSA) is 46.6 Å². The molecule has 1 atom stereocenters. The van der Waals surface area contributed by atoms with E-state index in [1.54, 1.807) is 40.6 Å². The number of anilines is 1. The number of hydrogen-bond acceptors (Lipinski definition) is 5. The van der Waals surface area contributed by atoms with Crippen molar-refractivity contribution < 1.29 is 14.3 Å². The minimum absolute atomic E-state index is 0.193. The van der Waals surface area contributed by atoms with Crippen molar-refractivity contribution in [1.82, 2.24) is 0 Å². The summed E-state index contributed by atoms with van der Waals surface area (Å²) in [5.41, 5.74) is 1.35. The van der Waals surface area contributed by atoms with Crippen LogP contribution in [0.1, 0.15) is 23.7 Å². The van der Waals surface area contributed by atoms with Gasteiger partial charge in [-0.3, -0.25) is 4.79 Å². The molecular weight excluding hydrogens is 366 g/mol. The second kappa shape index (κ2) is 8.64. The molecule has 0 saturated carbocycles. The molecule has 0 bridgehead atoms. The van der Waals surface area contributed by atoms with Gasteiger partial charge in [0.15, 0.2) is 6.61 Å². The molecule has 26 heavy (non-hydrogen) atoms. The predicted octanol–water partition coefficient (Wildman–Crippen LogP) is 4.48. The first-order chi connectivity index (χ1) is 12.6. The minimum Gasteiger partial charge on any atom is -0.452 e. The van der Waals surface area contributed by atoms with Crippen molar-refractivity contribution in [3.63, 3.8) is 0 Å². The van der Waals surface area contributed by atoms with Crippen LogP contribution in [-0.4, -0.2) is 36.5 Å². The summed E-state index contributed by atoms with van der Waals surface area (Å²) >= 11 is 3.38. The Morgan fingerprint density at radius 2 is 1.92 bits per heavy atom. The van der Waals surface area contributed by atoms with Gasteiger partial charge in [-0.25, -0.2) is 4.79 Å². The Morgan fingerprint density at radius 1 is 1.19 bits per heavy atom. The number of rotatable bonds is 4. The highest BCUT2D eigenvalue weighted by molar-refractivity contribution is 8.00. The number of nitrogens with zero attached hydrogens (tertiary/aromatic N) is 1. The van der Waals surface area contributed by atoms with E-state index in [2.05, 4.69) is 6.92 Å². The largest absolute Gasteiger partial charge is 0.452 e. The Bertz CT molecular complexity index is 792. The number of thioether (sulfide) groups is 2. The lowest BCUT2D eigenvalue weighted by molar-refractivity contribution is -0.121. The van der Waals surface area contributed by atoms with Gasteiger partial charge in [-0.2, -0.15) is 0 Å². The first-order valence-corrected chi connectivity index (χ1v) is 10.6. The van der Waals surface area contributed by atoms with Crippen LogP contribution in [0.3, 0.4) is 0 Å². The highest BCUT2D eigenvalue weighted by Crippen LogP contribution is 2.37. The Hall–Kier alpha value is -1.92. The number of para-hydroxylation sites is 1. The summed E-state index contributed by atoms with van der Waals surface area (Å²) < 4.78 is 5.26. The van der Waals surface area contributed by atoms with Crippen molar-refractivity contribution >= 4 is 41.1 Å². The zero-order chi connectivity index (χ0) is 18.5. The maximum absolute atomic E-state index is 12.7. The normalized spacial score (nSPS) is 16.5. The lowest BCUT2D eigenvalue weighted by Crippen LogP contribution is -2.35. The summed E-state index contributed by atoms with van der Waals surface area (Å²) in [4.78, 5) is 28.8. The first kappa shape index (κ1) is 18.9. The smallest absolute Gasteiger partial charge is 0.338 e. The molecule has 1 amide bonds. The van der Waals surface area contributed by atoms with Crippen molar-refractivity contribution in [2.24, 2.45) is 0 Å². The third-order valence-electron chi connectivity index (χ3n) is 4.20. The lowest BCUT2D eigenvalue weighted by Gasteiger charge is -2.22. The molecule has 4 nitrogen and oxygen atoms in total. The fourth-order valence-electron chi connectivity index (χ4n) is 2.76. The third kappa shape index (κ3) is 4.43. The standard InChI is InChI=1S/C20H21NO3S2/c1-14-11-12-21(17-5-3-4-6-18(17)26-14)19(22)13-24-20(23)15-7-9-16(25-2)10-8-15/h3-10,14H,11-13H2,1-2H3/t14-/m0/s1. The summed E-state index contributed by atoms with van der Waals surface area (Å²) in [7, 11) is 0. The van der Waals surface area contributed by atoms with Crippen LogP contribution in [-0.2, 0) is 9.53 Å². The van der Waals surface area contributed by atoms with Gasteiger partial charge in [0, 0.05) is 21.6 Å². The molecule has 0 N–H and O–H groups in total. The van der Waals surface area contributed by atoms with Crippen molar-refractivity contribution in [1.29, 1.82) is 0 Å². The second-order valence-electron chi connectivity index (χ2n) is 6.03. The number of carbonyl (C=O) groups is 2. The van der Waals surface area contributed by atoms with Gasteiger partial charge < -0.3 is 9.64 Å². The average molecular weight is 388 g/mol. The van der Waals surface area contributed by atoms with Crippen LogP contribution in [0, 0.1) is 0 Å². The molecule has 1 heterocycles. The monoisotopic (exact) mass is 387 g/mol. The van der Waals surface area contributed by atoms with Crippen LogP contribution < -0.4 is 4.90 Å². The van der Waals surface area contributed by atoms with E-state index in [0.29, 0.717) is 17.4 Å². The first-order valence-electron chi connectivity index (χ1n) is 8.45. The van der Waals surface area contributed by atoms with Crippen LogP contribution in [0.25, 0.3) is 0 Å². The maximum atomic E-state index is 12.7. The van der Waals surface area contributed by atoms with Crippen molar-refractivity contribution in [2.45, 2.75) is 28.4 Å². The molecule has 0 spiro atoms. The lowest BCUT2D eigenvalue weighted by atomic mass is 10.2. The Labute approximate surface area is 162 Å². The van der Waals surface area contributed by atoms with Gasteiger partial charge in [0.2, 0.25) is 0 Å². The summed E-state index contributed by atoms with van der Waals surface area (Å²) in [6, 6.07) is 15.1. The number of benzene rings is 2. The molecule has 0 unspecified atom stereocenters. The number of carbonyl (C=O) groups excluding carboxylic acids is 2. The number of fused-ring (bicyclic) bond motifs is 1. The number of esters is 1. The minimum atomic E-state index is -0.475. The zero-order valence-electron chi connectivity index (χ0n) is 14.8. The highest BCUT2D eigenvalue weighted by Gasteiger charge is 2.24. The van der Waals surface area contributed by atoms with Gasteiger partial charge in [0.1, 0.15) is 0 Å². The fourth-order valence-corrected chi connectivity index (χ4v) is 4.28. The van der Waals surface area contributed by atoms with Crippen molar-refractivity contribution in [3.8, 4) is 0 Å². The van der Waals surface area contributed by atoms with Crippen molar-refractivity contribution in [2.75, 3.05) is 24.3 Å². The van der Waals surface area contributed by atoms with Crippen LogP contribution in [0.2, 0.25) is 0 Å². The summed E-state index contributed by atoms with van der Waals surface area (Å²) in [6.45, 7) is 2.54. The Balaban J connectivity index is 1.66. The van der Waals surface area contributed by atoms with E-state index < -0.39 is 5.97 Å². The van der Waals surface area contributed by atoms with E-state index in [4.69, 9.17) is 4.74 Å². The van der Waals surface area contributed by atoms with Gasteiger partial charge in [-0.1, -0.05) is 19.1 Å². The van der Waals surface area contributed by atoms with Gasteiger partial charge in [0.05, 0.1) is 11.3 Å². The van der Waals surface area contributed by atoms with Gasteiger partial charge in [0.25, 0.3) is 5.91 Å². The van der Waals surface area contributed by atoms with Crippen molar-refractivity contribution in [3.05, 3.63) is 54.1 Å². The number of hydrogen-bond donors (Lipinski definition) is 0. The molecule has 0 aliphatic carbocycles. The van der Waals surface area contributed by atoms with Gasteiger partial charge >= 0.3 is 5.97 Å². The Kier molecular flexibility index (Phi) is 6.27. The molecule has 6 heteroatoms. The molecule has 2 aromatic rings. The maximum Gasteiger partial charge on any atom is 0.338 e. The van der Waals surface area contributed by atoms with E-state index in [9.17, 15) is 9.59 Å². The highest BCUT2D eigenvalue weighted by atomic mass is 32.2. The summed E-state index contributed by atoms with van der Waals surface area (Å²) in [5, 5.41) is 0.437. The molecule has 1 aliphatic rings. The molecule has 0 saturated heterocycles. The Morgan fingerprint density at radius 3 is 2.65 bits per heavy atom. The quantitative estimate of drug-likeness (QED) is 0.572. The molecule has 0 fully saturated rings. The molecule has 3 rings (SSSR count). The fraction of sp³-hybridized carbons (Fsp3) is 0.300. The van der Waals surface area contributed by atoms with E-state index in [1.165, 1.54) is 0 Å². The third-order valence-corrected chi connectivity index (χ3v) is 6.18. The second-order valence-corrected chi connectivity index (χ2v) is 8.39. The predicted molar refractivity (Wildman–Crippen MR) is 107 cm³/mol. The van der Waals surface area contributed by atoms with Crippen LogP contribution in [0.4, 0.5) is 5.69 Å². The van der Waals surface area contributed by atoms with Crippen LogP contribution in [0.5, 0.6) is 0 Å². The molecule has 0 radical (unpaired) electrons. The summed E-state index contributed by atoms with van der Waals surface area (Å²) in [5.74, 6) is -0.668. The zero-order valence-corrected chi connectivity index (χ0v) is 16.4. The molecule has 1 aliphatic heterocycles. The van der Waals surface area contributed by atoms with Crippen LogP contribution >= 0.6 is 23.5 Å². The molecule has 136 valence electrons. The number of ether oxygens (including phenoxy) is 1.